The Labute approximate surface area is 173 Å². The molecule has 2 saturated heterocycles. The lowest BCUT2D eigenvalue weighted by Gasteiger charge is -2.24. The Bertz CT molecular complexity index is 1070. The first-order valence-corrected chi connectivity index (χ1v) is 12.0. The Morgan fingerprint density at radius 2 is 1.93 bits per heavy atom. The van der Waals surface area contributed by atoms with Crippen molar-refractivity contribution in [1.82, 2.24) is 4.90 Å². The number of sulfone groups is 1. The molecule has 2 atom stereocenters. The lowest BCUT2D eigenvalue weighted by Crippen LogP contribution is -2.37. The molecule has 0 saturated carbocycles. The fraction of sp³-hybridized carbons (Fsp3) is 0.333. The molecule has 8 heteroatoms. The molecule has 2 aromatic rings. The van der Waals surface area contributed by atoms with Gasteiger partial charge in [-0.15, -0.1) is 0 Å². The van der Waals surface area contributed by atoms with Crippen molar-refractivity contribution in [3.8, 4) is 0 Å². The third kappa shape index (κ3) is 4.70. The fourth-order valence-electron chi connectivity index (χ4n) is 3.75. The number of thioether (sulfide) groups is 1. The maximum absolute atomic E-state index is 13.2. The first-order chi connectivity index (χ1) is 13.8. The van der Waals surface area contributed by atoms with Crippen molar-refractivity contribution in [2.45, 2.75) is 31.2 Å². The van der Waals surface area contributed by atoms with Crippen LogP contribution in [0.15, 0.2) is 53.5 Å². The summed E-state index contributed by atoms with van der Waals surface area (Å²) in [6, 6.07) is 13.6. The van der Waals surface area contributed by atoms with Crippen LogP contribution in [0.2, 0.25) is 0 Å². The zero-order valence-electron chi connectivity index (χ0n) is 15.9. The second kappa shape index (κ2) is 7.91. The van der Waals surface area contributed by atoms with Crippen LogP contribution in [0.1, 0.15) is 16.7 Å². The first-order valence-electron chi connectivity index (χ1n) is 9.34. The number of hydrogen-bond donors (Lipinski definition) is 0. The summed E-state index contributed by atoms with van der Waals surface area (Å²) < 4.78 is 37.4. The number of amides is 1. The van der Waals surface area contributed by atoms with E-state index in [0.717, 1.165) is 16.7 Å². The zero-order valence-corrected chi connectivity index (χ0v) is 17.5. The third-order valence-electron chi connectivity index (χ3n) is 5.10. The average molecular weight is 433 g/mol. The van der Waals surface area contributed by atoms with E-state index in [-0.39, 0.29) is 40.9 Å². The van der Waals surface area contributed by atoms with Gasteiger partial charge in [0.25, 0.3) is 5.91 Å². The van der Waals surface area contributed by atoms with E-state index in [1.807, 2.05) is 36.1 Å². The predicted octanol–water partition coefficient (Wildman–Crippen LogP) is 2.97. The second-order valence-electron chi connectivity index (χ2n) is 7.51. The number of nitrogens with zero attached hydrogens (tertiary/aromatic N) is 2. The number of hydrogen-bond acceptors (Lipinski definition) is 4. The Kier molecular flexibility index (Phi) is 5.48. The molecule has 1 amide bonds. The van der Waals surface area contributed by atoms with Crippen LogP contribution in [-0.2, 0) is 27.6 Å². The Morgan fingerprint density at radius 3 is 2.66 bits per heavy atom. The molecule has 0 unspecified atom stereocenters. The molecular formula is C21H21FN2O3S2. The first kappa shape index (κ1) is 20.1. The van der Waals surface area contributed by atoms with E-state index in [9.17, 15) is 17.6 Å². The monoisotopic (exact) mass is 432 g/mol. The van der Waals surface area contributed by atoms with Gasteiger partial charge in [0.2, 0.25) is 0 Å². The van der Waals surface area contributed by atoms with Crippen LogP contribution in [0.4, 0.5) is 4.39 Å². The van der Waals surface area contributed by atoms with Gasteiger partial charge in [-0.3, -0.25) is 4.79 Å². The van der Waals surface area contributed by atoms with Crippen LogP contribution in [0, 0.1) is 12.7 Å². The lowest BCUT2D eigenvalue weighted by atomic mass is 10.1. The SMILES string of the molecule is Cc1cccc(CC(=O)N=C2S[C@H]3CS(=O)(=O)C[C@H]3N2Cc2ccc(F)cc2)c1. The molecule has 0 bridgehead atoms. The molecule has 0 aliphatic carbocycles. The largest absolute Gasteiger partial charge is 0.342 e. The standard InChI is InChI=1S/C21H21FN2O3S2/c1-14-3-2-4-16(9-14)10-20(25)23-21-24(11-15-5-7-17(22)8-6-15)18-12-29(26,27)13-19(18)28-21/h2-9,18-19H,10-13H2,1H3/t18-,19+/m1/s1. The van der Waals surface area contributed by atoms with Crippen molar-refractivity contribution in [2.75, 3.05) is 11.5 Å². The highest BCUT2D eigenvalue weighted by Gasteiger charge is 2.48. The highest BCUT2D eigenvalue weighted by atomic mass is 32.2. The van der Waals surface area contributed by atoms with Gasteiger partial charge >= 0.3 is 0 Å². The molecule has 0 radical (unpaired) electrons. The summed E-state index contributed by atoms with van der Waals surface area (Å²) in [5.74, 6) is -0.442. The number of fused-ring (bicyclic) bond motifs is 1. The summed E-state index contributed by atoms with van der Waals surface area (Å²) in [4.78, 5) is 18.8. The third-order valence-corrected chi connectivity index (χ3v) is 8.35. The number of amidine groups is 1. The van der Waals surface area contributed by atoms with Gasteiger partial charge in [-0.2, -0.15) is 4.99 Å². The number of aliphatic imine (C=N–C) groups is 1. The number of rotatable bonds is 4. The van der Waals surface area contributed by atoms with Crippen molar-refractivity contribution < 1.29 is 17.6 Å². The second-order valence-corrected chi connectivity index (χ2v) is 10.9. The summed E-state index contributed by atoms with van der Waals surface area (Å²) in [7, 11) is -3.11. The molecule has 2 aliphatic heterocycles. The highest BCUT2D eigenvalue weighted by Crippen LogP contribution is 2.39. The molecule has 2 heterocycles. The maximum Gasteiger partial charge on any atom is 0.252 e. The molecule has 0 N–H and O–H groups in total. The van der Waals surface area contributed by atoms with E-state index in [2.05, 4.69) is 4.99 Å². The van der Waals surface area contributed by atoms with Gasteiger partial charge in [-0.05, 0) is 30.2 Å². The van der Waals surface area contributed by atoms with Crippen LogP contribution < -0.4 is 0 Å². The topological polar surface area (TPSA) is 66.8 Å². The van der Waals surface area contributed by atoms with E-state index >= 15 is 0 Å². The zero-order chi connectivity index (χ0) is 20.6. The minimum Gasteiger partial charge on any atom is -0.342 e. The Morgan fingerprint density at radius 1 is 1.17 bits per heavy atom. The van der Waals surface area contributed by atoms with Gasteiger partial charge in [0, 0.05) is 11.8 Å². The molecule has 5 nitrogen and oxygen atoms in total. The van der Waals surface area contributed by atoms with Gasteiger partial charge in [0.05, 0.1) is 24.0 Å². The summed E-state index contributed by atoms with van der Waals surface area (Å²) >= 11 is 1.36. The van der Waals surface area contributed by atoms with Crippen molar-refractivity contribution in [1.29, 1.82) is 0 Å². The normalized spacial score (nSPS) is 24.1. The minimum absolute atomic E-state index is 0.0525. The molecule has 4 rings (SSSR count). The summed E-state index contributed by atoms with van der Waals surface area (Å²) in [6.07, 6.45) is 0.198. The van der Waals surface area contributed by atoms with Crippen molar-refractivity contribution in [3.05, 3.63) is 71.0 Å². The number of carbonyl (C=O) groups excluding carboxylic acids is 1. The number of benzene rings is 2. The molecule has 2 aromatic carbocycles. The van der Waals surface area contributed by atoms with E-state index in [1.165, 1.54) is 23.9 Å². The predicted molar refractivity (Wildman–Crippen MR) is 113 cm³/mol. The van der Waals surface area contributed by atoms with Gasteiger partial charge in [-0.25, -0.2) is 12.8 Å². The smallest absolute Gasteiger partial charge is 0.252 e. The van der Waals surface area contributed by atoms with Crippen LogP contribution >= 0.6 is 11.8 Å². The van der Waals surface area contributed by atoms with E-state index < -0.39 is 9.84 Å². The molecule has 2 fully saturated rings. The summed E-state index contributed by atoms with van der Waals surface area (Å²) in [6.45, 7) is 2.36. The Balaban J connectivity index is 1.57. The van der Waals surface area contributed by atoms with E-state index in [0.29, 0.717) is 11.7 Å². The number of halogens is 1. The molecular weight excluding hydrogens is 411 g/mol. The van der Waals surface area contributed by atoms with Crippen molar-refractivity contribution in [3.63, 3.8) is 0 Å². The molecule has 0 spiro atoms. The van der Waals surface area contributed by atoms with Crippen molar-refractivity contribution >= 4 is 32.7 Å². The van der Waals surface area contributed by atoms with Gasteiger partial charge in [-0.1, -0.05) is 53.7 Å². The van der Waals surface area contributed by atoms with Crippen LogP contribution in [0.5, 0.6) is 0 Å². The summed E-state index contributed by atoms with van der Waals surface area (Å²) in [5, 5.41) is 0.419. The van der Waals surface area contributed by atoms with E-state index in [1.54, 1.807) is 12.1 Å². The van der Waals surface area contributed by atoms with Crippen molar-refractivity contribution in [2.24, 2.45) is 4.99 Å². The van der Waals surface area contributed by atoms with Gasteiger partial charge in [0.15, 0.2) is 15.0 Å². The molecule has 152 valence electrons. The highest BCUT2D eigenvalue weighted by molar-refractivity contribution is 8.15. The summed E-state index contributed by atoms with van der Waals surface area (Å²) in [5.41, 5.74) is 2.82. The van der Waals surface area contributed by atoms with Gasteiger partial charge < -0.3 is 4.90 Å². The fourth-order valence-corrected chi connectivity index (χ4v) is 7.72. The van der Waals surface area contributed by atoms with Crippen LogP contribution in [0.3, 0.4) is 0 Å². The molecule has 29 heavy (non-hydrogen) atoms. The minimum atomic E-state index is -3.11. The van der Waals surface area contributed by atoms with Crippen LogP contribution in [0.25, 0.3) is 0 Å². The quantitative estimate of drug-likeness (QED) is 0.743. The molecule has 2 aliphatic rings. The number of carbonyl (C=O) groups is 1. The average Bonchev–Trinajstić information content (AvgIpc) is 3.09. The van der Waals surface area contributed by atoms with E-state index in [4.69, 9.17) is 0 Å². The maximum atomic E-state index is 13.2. The number of aryl methyl sites for hydroxylation is 1. The molecule has 0 aromatic heterocycles. The lowest BCUT2D eigenvalue weighted by molar-refractivity contribution is -0.117. The van der Waals surface area contributed by atoms with Gasteiger partial charge in [0.1, 0.15) is 5.82 Å². The van der Waals surface area contributed by atoms with Crippen LogP contribution in [-0.4, -0.2) is 47.2 Å². The Hall–Kier alpha value is -2.19.